The van der Waals surface area contributed by atoms with Crippen LogP contribution in [0.15, 0.2) is 18.2 Å². The summed E-state index contributed by atoms with van der Waals surface area (Å²) >= 11 is 0. The number of fused-ring (bicyclic) bond motifs is 1. The highest BCUT2D eigenvalue weighted by molar-refractivity contribution is 5.42. The number of aliphatic hydroxyl groups excluding tert-OH is 1. The first-order valence-electron chi connectivity index (χ1n) is 6.19. The highest BCUT2D eigenvalue weighted by Gasteiger charge is 2.20. The Kier molecular flexibility index (Phi) is 4.06. The Morgan fingerprint density at radius 1 is 1.47 bits per heavy atom. The second kappa shape index (κ2) is 5.75. The van der Waals surface area contributed by atoms with Crippen LogP contribution in [0.25, 0.3) is 0 Å². The van der Waals surface area contributed by atoms with Crippen molar-refractivity contribution in [1.29, 1.82) is 0 Å². The molecule has 1 aliphatic rings. The Balaban J connectivity index is 2.07. The predicted molar refractivity (Wildman–Crippen MR) is 67.9 cm³/mol. The Hall–Kier alpha value is -1.46. The lowest BCUT2D eigenvalue weighted by molar-refractivity contribution is 0.155. The molecule has 2 heteroatoms. The highest BCUT2D eigenvalue weighted by Crippen LogP contribution is 2.35. The monoisotopic (exact) mass is 230 g/mol. The first kappa shape index (κ1) is 12.0. The fraction of sp³-hybridized carbons (Fsp3) is 0.467. The van der Waals surface area contributed by atoms with Gasteiger partial charge in [0, 0.05) is 6.42 Å². The van der Waals surface area contributed by atoms with E-state index >= 15 is 0 Å². The van der Waals surface area contributed by atoms with Crippen LogP contribution in [0, 0.1) is 12.3 Å². The van der Waals surface area contributed by atoms with Crippen molar-refractivity contribution < 1.29 is 9.84 Å². The van der Waals surface area contributed by atoms with Crippen molar-refractivity contribution in [2.75, 3.05) is 6.61 Å². The molecule has 90 valence electrons. The van der Waals surface area contributed by atoms with E-state index in [1.165, 1.54) is 5.56 Å². The second-order valence-corrected chi connectivity index (χ2v) is 4.39. The average Bonchev–Trinajstić information content (AvgIpc) is 2.36. The maximum Gasteiger partial charge on any atom is 0.122 e. The number of hydrogen-bond donors (Lipinski definition) is 1. The lowest BCUT2D eigenvalue weighted by atomic mass is 9.89. The van der Waals surface area contributed by atoms with Crippen molar-refractivity contribution in [3.05, 3.63) is 29.3 Å². The van der Waals surface area contributed by atoms with E-state index in [4.69, 9.17) is 11.2 Å². The summed E-state index contributed by atoms with van der Waals surface area (Å²) in [6.45, 7) is 0.650. The first-order valence-corrected chi connectivity index (χ1v) is 6.19. The molecule has 0 heterocycles. The third kappa shape index (κ3) is 2.81. The third-order valence-corrected chi connectivity index (χ3v) is 3.16. The summed E-state index contributed by atoms with van der Waals surface area (Å²) < 4.78 is 5.75. The average molecular weight is 230 g/mol. The topological polar surface area (TPSA) is 29.5 Å². The number of terminal acetylenes is 1. The van der Waals surface area contributed by atoms with Gasteiger partial charge in [-0.05, 0) is 42.9 Å². The lowest BCUT2D eigenvalue weighted by Gasteiger charge is -2.23. The van der Waals surface area contributed by atoms with Crippen LogP contribution in [0.1, 0.15) is 42.9 Å². The molecule has 0 radical (unpaired) electrons. The molecular weight excluding hydrogens is 212 g/mol. The van der Waals surface area contributed by atoms with Gasteiger partial charge in [0.25, 0.3) is 0 Å². The molecule has 0 aromatic heterocycles. The number of ether oxygens (including phenoxy) is 1. The van der Waals surface area contributed by atoms with E-state index in [1.54, 1.807) is 0 Å². The molecule has 1 aromatic carbocycles. The van der Waals surface area contributed by atoms with Crippen molar-refractivity contribution in [2.45, 2.75) is 38.2 Å². The van der Waals surface area contributed by atoms with E-state index in [0.717, 1.165) is 43.4 Å². The second-order valence-electron chi connectivity index (χ2n) is 4.39. The normalized spacial score (nSPS) is 18.2. The molecule has 17 heavy (non-hydrogen) atoms. The van der Waals surface area contributed by atoms with Gasteiger partial charge in [-0.2, -0.15) is 0 Å². The van der Waals surface area contributed by atoms with Crippen molar-refractivity contribution in [3.8, 4) is 18.1 Å². The van der Waals surface area contributed by atoms with Gasteiger partial charge in [-0.1, -0.05) is 12.1 Å². The fourth-order valence-electron chi connectivity index (χ4n) is 2.28. The molecule has 0 amide bonds. The Morgan fingerprint density at radius 2 is 2.35 bits per heavy atom. The molecule has 0 fully saturated rings. The summed E-state index contributed by atoms with van der Waals surface area (Å²) in [5, 5.41) is 9.91. The maximum atomic E-state index is 9.91. The van der Waals surface area contributed by atoms with Gasteiger partial charge in [0.05, 0.1) is 12.7 Å². The van der Waals surface area contributed by atoms with Gasteiger partial charge >= 0.3 is 0 Å². The number of hydrogen-bond acceptors (Lipinski definition) is 2. The summed E-state index contributed by atoms with van der Waals surface area (Å²) in [6, 6.07) is 5.92. The Labute approximate surface area is 103 Å². The van der Waals surface area contributed by atoms with Crippen LogP contribution in [0.3, 0.4) is 0 Å². The molecule has 2 nitrogen and oxygen atoms in total. The van der Waals surface area contributed by atoms with Gasteiger partial charge in [-0.15, -0.1) is 12.3 Å². The summed E-state index contributed by atoms with van der Waals surface area (Å²) in [5.74, 6) is 3.52. The van der Waals surface area contributed by atoms with Crippen LogP contribution in [-0.4, -0.2) is 11.7 Å². The molecular formula is C15H18O2. The van der Waals surface area contributed by atoms with E-state index in [2.05, 4.69) is 5.92 Å². The van der Waals surface area contributed by atoms with E-state index < -0.39 is 0 Å². The third-order valence-electron chi connectivity index (χ3n) is 3.16. The summed E-state index contributed by atoms with van der Waals surface area (Å²) in [7, 11) is 0. The van der Waals surface area contributed by atoms with Gasteiger partial charge in [0.2, 0.25) is 0 Å². The number of rotatable bonds is 4. The minimum Gasteiger partial charge on any atom is -0.493 e. The van der Waals surface area contributed by atoms with Crippen LogP contribution in [-0.2, 0) is 6.42 Å². The quantitative estimate of drug-likeness (QED) is 0.636. The lowest BCUT2D eigenvalue weighted by Crippen LogP contribution is -2.11. The molecule has 1 atom stereocenters. The molecule has 0 saturated heterocycles. The van der Waals surface area contributed by atoms with Crippen LogP contribution in [0.4, 0.5) is 0 Å². The molecule has 0 spiro atoms. The molecule has 1 aromatic rings. The van der Waals surface area contributed by atoms with Crippen molar-refractivity contribution in [1.82, 2.24) is 0 Å². The molecule has 1 N–H and O–H groups in total. The van der Waals surface area contributed by atoms with Gasteiger partial charge in [0.1, 0.15) is 5.75 Å². The number of unbranched alkanes of at least 4 members (excludes halogenated alkanes) is 1. The predicted octanol–water partition coefficient (Wildman–Crippen LogP) is 2.85. The first-order chi connectivity index (χ1) is 8.33. The zero-order valence-electron chi connectivity index (χ0n) is 9.98. The van der Waals surface area contributed by atoms with E-state index in [-0.39, 0.29) is 6.10 Å². The van der Waals surface area contributed by atoms with Gasteiger partial charge < -0.3 is 9.84 Å². The Bertz CT molecular complexity index is 417. The summed E-state index contributed by atoms with van der Waals surface area (Å²) in [4.78, 5) is 0. The SMILES string of the molecule is C#CCCCOc1cccc2c1CCCC2O. The molecule has 2 rings (SSSR count). The Morgan fingerprint density at radius 3 is 3.18 bits per heavy atom. The van der Waals surface area contributed by atoms with Crippen molar-refractivity contribution in [3.63, 3.8) is 0 Å². The number of aliphatic hydroxyl groups is 1. The minimum absolute atomic E-state index is 0.326. The fourth-order valence-corrected chi connectivity index (χ4v) is 2.28. The molecule has 0 aliphatic heterocycles. The largest absolute Gasteiger partial charge is 0.493 e. The van der Waals surface area contributed by atoms with Crippen LogP contribution >= 0.6 is 0 Å². The minimum atomic E-state index is -0.326. The number of benzene rings is 1. The van der Waals surface area contributed by atoms with E-state index in [1.807, 2.05) is 18.2 Å². The van der Waals surface area contributed by atoms with Gasteiger partial charge in [-0.3, -0.25) is 0 Å². The van der Waals surface area contributed by atoms with Crippen LogP contribution in [0.5, 0.6) is 5.75 Å². The van der Waals surface area contributed by atoms with Crippen LogP contribution < -0.4 is 4.74 Å². The summed E-state index contributed by atoms with van der Waals surface area (Å²) in [5.41, 5.74) is 2.21. The highest BCUT2D eigenvalue weighted by atomic mass is 16.5. The van der Waals surface area contributed by atoms with E-state index in [9.17, 15) is 5.11 Å². The summed E-state index contributed by atoms with van der Waals surface area (Å²) in [6.07, 6.45) is 9.38. The molecule has 0 saturated carbocycles. The van der Waals surface area contributed by atoms with Crippen LogP contribution in [0.2, 0.25) is 0 Å². The maximum absolute atomic E-state index is 9.91. The van der Waals surface area contributed by atoms with Gasteiger partial charge in [0.15, 0.2) is 0 Å². The van der Waals surface area contributed by atoms with E-state index in [0.29, 0.717) is 6.61 Å². The zero-order valence-corrected chi connectivity index (χ0v) is 9.98. The molecule has 0 bridgehead atoms. The molecule has 1 aliphatic carbocycles. The molecule has 1 unspecified atom stereocenters. The van der Waals surface area contributed by atoms with Gasteiger partial charge in [-0.25, -0.2) is 0 Å². The van der Waals surface area contributed by atoms with Crippen molar-refractivity contribution in [2.24, 2.45) is 0 Å². The smallest absolute Gasteiger partial charge is 0.122 e. The zero-order chi connectivity index (χ0) is 12.1. The standard InChI is InChI=1S/C15H18O2/c1-2-3-4-11-17-15-10-6-7-12-13(15)8-5-9-14(12)16/h1,6-7,10,14,16H,3-5,8-9,11H2. The van der Waals surface area contributed by atoms with Crippen molar-refractivity contribution >= 4 is 0 Å².